The maximum absolute atomic E-state index is 12.2. The number of nitrogens with one attached hydrogen (secondary N) is 2. The zero-order valence-corrected chi connectivity index (χ0v) is 17.3. The Kier molecular flexibility index (Phi) is 10.7. The van der Waals surface area contributed by atoms with Crippen LogP contribution in [0, 0.1) is 5.92 Å². The quantitative estimate of drug-likeness (QED) is 0.318. The van der Waals surface area contributed by atoms with Gasteiger partial charge in [0, 0.05) is 51.8 Å². The summed E-state index contributed by atoms with van der Waals surface area (Å²) in [6.45, 7) is 5.54. The largest absolute Gasteiger partial charge is 0.468 e. The van der Waals surface area contributed by atoms with E-state index in [2.05, 4.69) is 25.3 Å². The van der Waals surface area contributed by atoms with Crippen LogP contribution in [0.5, 0.6) is 5.88 Å². The molecule has 1 saturated heterocycles. The van der Waals surface area contributed by atoms with Crippen molar-refractivity contribution in [2.45, 2.75) is 38.9 Å². The van der Waals surface area contributed by atoms with Crippen molar-refractivity contribution in [1.82, 2.24) is 15.6 Å². The highest BCUT2D eigenvalue weighted by molar-refractivity contribution is 5.79. The van der Waals surface area contributed by atoms with Crippen LogP contribution in [0.25, 0.3) is 0 Å². The monoisotopic (exact) mass is 432 g/mol. The summed E-state index contributed by atoms with van der Waals surface area (Å²) >= 11 is 0. The summed E-state index contributed by atoms with van der Waals surface area (Å²) in [6, 6.07) is 3.06. The van der Waals surface area contributed by atoms with E-state index in [1.54, 1.807) is 6.07 Å². The van der Waals surface area contributed by atoms with Gasteiger partial charge in [-0.2, -0.15) is 13.2 Å². The fourth-order valence-electron chi connectivity index (χ4n) is 2.80. The summed E-state index contributed by atoms with van der Waals surface area (Å²) in [5.41, 5.74) is 0.770. The number of pyridine rings is 1. The van der Waals surface area contributed by atoms with Gasteiger partial charge < -0.3 is 24.8 Å². The predicted molar refractivity (Wildman–Crippen MR) is 108 cm³/mol. The number of alkyl halides is 3. The predicted octanol–water partition coefficient (Wildman–Crippen LogP) is 2.91. The molecular weight excluding hydrogens is 401 g/mol. The lowest BCUT2D eigenvalue weighted by atomic mass is 10.0. The summed E-state index contributed by atoms with van der Waals surface area (Å²) in [5.74, 6) is 1.20. The Hall–Kier alpha value is -2.07. The van der Waals surface area contributed by atoms with Gasteiger partial charge in [-0.1, -0.05) is 6.07 Å². The van der Waals surface area contributed by atoms with Gasteiger partial charge in [0.2, 0.25) is 5.88 Å². The molecule has 2 heterocycles. The van der Waals surface area contributed by atoms with Crippen molar-refractivity contribution in [3.8, 4) is 5.88 Å². The minimum absolute atomic E-state index is 0.0640. The van der Waals surface area contributed by atoms with Crippen molar-refractivity contribution in [1.29, 1.82) is 0 Å². The van der Waals surface area contributed by atoms with Gasteiger partial charge in [-0.15, -0.1) is 0 Å². The number of guanidine groups is 1. The lowest BCUT2D eigenvalue weighted by Crippen LogP contribution is -2.38. The molecule has 1 aromatic rings. The maximum atomic E-state index is 12.2. The van der Waals surface area contributed by atoms with Crippen LogP contribution < -0.4 is 15.4 Å². The zero-order chi connectivity index (χ0) is 21.7. The van der Waals surface area contributed by atoms with Gasteiger partial charge in [0.05, 0.1) is 6.54 Å². The fraction of sp³-hybridized carbons (Fsp3) is 0.700. The third kappa shape index (κ3) is 10.6. The minimum Gasteiger partial charge on any atom is -0.468 e. The summed E-state index contributed by atoms with van der Waals surface area (Å²) in [4.78, 5) is 8.35. The number of aliphatic imine (C=N–C) groups is 1. The second-order valence-corrected chi connectivity index (χ2v) is 7.01. The van der Waals surface area contributed by atoms with Crippen LogP contribution in [0.1, 0.15) is 31.7 Å². The molecule has 1 aliphatic heterocycles. The van der Waals surface area contributed by atoms with E-state index < -0.39 is 12.8 Å². The van der Waals surface area contributed by atoms with Gasteiger partial charge in [0.1, 0.15) is 0 Å². The molecule has 0 unspecified atom stereocenters. The third-order valence-corrected chi connectivity index (χ3v) is 4.40. The number of ether oxygens (including phenoxy) is 3. The van der Waals surface area contributed by atoms with Gasteiger partial charge in [-0.3, -0.25) is 0 Å². The van der Waals surface area contributed by atoms with Crippen molar-refractivity contribution in [3.05, 3.63) is 23.9 Å². The molecule has 2 rings (SSSR count). The lowest BCUT2D eigenvalue weighted by molar-refractivity contribution is -0.154. The summed E-state index contributed by atoms with van der Waals surface area (Å²) in [7, 11) is 0. The number of aromatic nitrogens is 1. The van der Waals surface area contributed by atoms with Crippen LogP contribution in [0.15, 0.2) is 23.3 Å². The molecule has 1 aliphatic rings. The Morgan fingerprint density at radius 2 is 2.07 bits per heavy atom. The first-order valence-electron chi connectivity index (χ1n) is 10.3. The van der Waals surface area contributed by atoms with E-state index in [9.17, 15) is 13.2 Å². The zero-order valence-electron chi connectivity index (χ0n) is 17.3. The second kappa shape index (κ2) is 13.3. The van der Waals surface area contributed by atoms with Crippen LogP contribution in [0.3, 0.4) is 0 Å². The van der Waals surface area contributed by atoms with Crippen molar-refractivity contribution >= 4 is 5.96 Å². The molecule has 0 atom stereocenters. The van der Waals surface area contributed by atoms with Crippen LogP contribution >= 0.6 is 0 Å². The fourth-order valence-corrected chi connectivity index (χ4v) is 2.80. The molecule has 0 saturated carbocycles. The summed E-state index contributed by atoms with van der Waals surface area (Å²) in [5, 5.41) is 6.40. The Bertz CT molecular complexity index is 621. The van der Waals surface area contributed by atoms with Crippen LogP contribution in [0.4, 0.5) is 13.2 Å². The van der Waals surface area contributed by atoms with Gasteiger partial charge in [-0.25, -0.2) is 9.98 Å². The molecule has 10 heteroatoms. The Morgan fingerprint density at radius 1 is 1.27 bits per heavy atom. The van der Waals surface area contributed by atoms with E-state index in [-0.39, 0.29) is 5.88 Å². The van der Waals surface area contributed by atoms with Crippen LogP contribution in [-0.2, 0) is 16.0 Å². The van der Waals surface area contributed by atoms with Crippen molar-refractivity contribution in [3.63, 3.8) is 0 Å². The molecule has 170 valence electrons. The summed E-state index contributed by atoms with van der Waals surface area (Å²) in [6.07, 6.45) is 0.0792. The van der Waals surface area contributed by atoms with Crippen LogP contribution in [-0.4, -0.2) is 63.2 Å². The molecule has 0 amide bonds. The van der Waals surface area contributed by atoms with Gasteiger partial charge in [0.25, 0.3) is 0 Å². The first kappa shape index (κ1) is 24.2. The molecule has 0 aliphatic carbocycles. The van der Waals surface area contributed by atoms with Gasteiger partial charge >= 0.3 is 6.18 Å². The molecular formula is C20H31F3N4O3. The van der Waals surface area contributed by atoms with Crippen molar-refractivity contribution < 1.29 is 27.4 Å². The highest BCUT2D eigenvalue weighted by Gasteiger charge is 2.28. The number of nitrogens with zero attached hydrogens (tertiary/aromatic N) is 2. The molecule has 1 aromatic heterocycles. The first-order chi connectivity index (χ1) is 14.5. The topological polar surface area (TPSA) is 77.0 Å². The number of hydrogen-bond acceptors (Lipinski definition) is 5. The van der Waals surface area contributed by atoms with Gasteiger partial charge in [-0.05, 0) is 37.7 Å². The minimum atomic E-state index is -4.38. The molecule has 0 bridgehead atoms. The molecule has 0 aromatic carbocycles. The van der Waals surface area contributed by atoms with Crippen LogP contribution in [0.2, 0.25) is 0 Å². The smallest absolute Gasteiger partial charge is 0.422 e. The normalized spacial score (nSPS) is 15.8. The molecule has 1 fully saturated rings. The maximum Gasteiger partial charge on any atom is 0.422 e. The number of hydrogen-bond donors (Lipinski definition) is 2. The van der Waals surface area contributed by atoms with Crippen molar-refractivity contribution in [2.75, 3.05) is 46.1 Å². The number of rotatable bonds is 11. The van der Waals surface area contributed by atoms with E-state index in [0.29, 0.717) is 31.6 Å². The second-order valence-electron chi connectivity index (χ2n) is 7.01. The first-order valence-corrected chi connectivity index (χ1v) is 10.3. The average molecular weight is 432 g/mol. The Balaban J connectivity index is 1.66. The van der Waals surface area contributed by atoms with E-state index in [1.165, 1.54) is 12.3 Å². The van der Waals surface area contributed by atoms with E-state index in [1.807, 2.05) is 6.92 Å². The highest BCUT2D eigenvalue weighted by Crippen LogP contribution is 2.17. The molecule has 0 spiro atoms. The lowest BCUT2D eigenvalue weighted by Gasteiger charge is -2.21. The van der Waals surface area contributed by atoms with E-state index >= 15 is 0 Å². The highest BCUT2D eigenvalue weighted by atomic mass is 19.4. The summed E-state index contributed by atoms with van der Waals surface area (Å²) < 4.78 is 52.2. The average Bonchev–Trinajstić information content (AvgIpc) is 2.74. The van der Waals surface area contributed by atoms with E-state index in [4.69, 9.17) is 9.47 Å². The van der Waals surface area contributed by atoms with Crippen molar-refractivity contribution in [2.24, 2.45) is 10.9 Å². The Morgan fingerprint density at radius 3 is 2.73 bits per heavy atom. The van der Waals surface area contributed by atoms with E-state index in [0.717, 1.165) is 51.2 Å². The number of halogens is 3. The molecule has 7 nitrogen and oxygen atoms in total. The molecule has 30 heavy (non-hydrogen) atoms. The third-order valence-electron chi connectivity index (χ3n) is 4.40. The molecule has 2 N–H and O–H groups in total. The molecule has 0 radical (unpaired) electrons. The SMILES string of the molecule is CCNC(=NCc1ccc(OCC(F)(F)F)nc1)NCCCOCC1CCOCC1. The standard InChI is InChI=1S/C20H31F3N4O3/c1-2-24-19(25-8-3-9-29-14-16-6-10-28-11-7-16)27-13-17-4-5-18(26-12-17)30-15-20(21,22)23/h4-5,12,16H,2-3,6-11,13-15H2,1H3,(H2,24,25,27). The van der Waals surface area contributed by atoms with Gasteiger partial charge in [0.15, 0.2) is 12.6 Å². The Labute approximate surface area is 175 Å².